The number of hydrogen-bond acceptors (Lipinski definition) is 11. The topological polar surface area (TPSA) is 150 Å². The minimum absolute atomic E-state index is 0.0929. The highest BCUT2D eigenvalue weighted by Gasteiger charge is 2.22. The fourth-order valence-electron chi connectivity index (χ4n) is 2.01. The van der Waals surface area contributed by atoms with Gasteiger partial charge in [0.05, 0.1) is 45.1 Å². The largest absolute Gasteiger partial charge is 0.395 e. The fraction of sp³-hybridized carbons (Fsp3) is 0.786. The van der Waals surface area contributed by atoms with Crippen LogP contribution in [0.25, 0.3) is 0 Å². The van der Waals surface area contributed by atoms with E-state index >= 15 is 0 Å². The van der Waals surface area contributed by atoms with Crippen LogP contribution in [0.4, 0.5) is 17.8 Å². The lowest BCUT2D eigenvalue weighted by molar-refractivity contribution is 0.189. The van der Waals surface area contributed by atoms with Crippen molar-refractivity contribution in [1.29, 1.82) is 0 Å². The van der Waals surface area contributed by atoms with Crippen molar-refractivity contribution in [2.75, 3.05) is 75.4 Å². The summed E-state index contributed by atoms with van der Waals surface area (Å²) in [6.45, 7) is -0.959. The number of nitrogens with zero attached hydrogens (tertiary/aromatic N) is 6. The Hall–Kier alpha value is -1.79. The van der Waals surface area contributed by atoms with Crippen LogP contribution in [0.5, 0.6) is 0 Å². The van der Waals surface area contributed by atoms with Gasteiger partial charge in [0.15, 0.2) is 0 Å². The van der Waals surface area contributed by atoms with E-state index in [1.807, 2.05) is 0 Å². The molecule has 0 saturated carbocycles. The molecule has 0 bridgehead atoms. The van der Waals surface area contributed by atoms with Gasteiger partial charge in [0.1, 0.15) is 0 Å². The minimum Gasteiger partial charge on any atom is -0.395 e. The fourth-order valence-corrected chi connectivity index (χ4v) is 2.01. The average Bonchev–Trinajstić information content (AvgIpc) is 2.63. The molecule has 0 saturated heterocycles. The zero-order valence-corrected chi connectivity index (χ0v) is 14.8. The van der Waals surface area contributed by atoms with Crippen molar-refractivity contribution in [3.8, 4) is 0 Å². The van der Waals surface area contributed by atoms with Crippen LogP contribution in [0.1, 0.15) is 0 Å². The van der Waals surface area contributed by atoms with Crippen molar-refractivity contribution < 1.29 is 25.5 Å². The second-order valence-electron chi connectivity index (χ2n) is 5.64. The van der Waals surface area contributed by atoms with Gasteiger partial charge < -0.3 is 40.2 Å². The maximum atomic E-state index is 9.37. The molecule has 0 aliphatic rings. The quantitative estimate of drug-likeness (QED) is 0.273. The van der Waals surface area contributed by atoms with E-state index in [1.165, 1.54) is 9.80 Å². The molecule has 0 amide bonds. The lowest BCUT2D eigenvalue weighted by Crippen LogP contribution is -2.41. The van der Waals surface area contributed by atoms with Crippen LogP contribution in [-0.2, 0) is 0 Å². The predicted octanol–water partition coefficient (Wildman–Crippen LogP) is -3.12. The van der Waals surface area contributed by atoms with E-state index in [9.17, 15) is 20.4 Å². The summed E-state index contributed by atoms with van der Waals surface area (Å²) in [6, 6.07) is -1.19. The number of aliphatic hydroxyl groups excluding tert-OH is 5. The van der Waals surface area contributed by atoms with Crippen LogP contribution < -0.4 is 14.7 Å². The maximum Gasteiger partial charge on any atom is 0.232 e. The Morgan fingerprint density at radius 3 is 1.36 bits per heavy atom. The summed E-state index contributed by atoms with van der Waals surface area (Å²) in [5.74, 6) is 0.691. The molecule has 0 aromatic carbocycles. The summed E-state index contributed by atoms with van der Waals surface area (Å²) < 4.78 is 0. The Kier molecular flexibility index (Phi) is 8.72. The van der Waals surface area contributed by atoms with Gasteiger partial charge in [-0.1, -0.05) is 0 Å². The minimum atomic E-state index is -0.594. The van der Waals surface area contributed by atoms with Crippen molar-refractivity contribution >= 4 is 17.8 Å². The SMILES string of the molecule is CN(CCO)c1nc(N(C)C(CO)CO)nc(N(C)C(CO)CO)n1. The van der Waals surface area contributed by atoms with Gasteiger partial charge in [0.25, 0.3) is 0 Å². The van der Waals surface area contributed by atoms with Crippen LogP contribution in [0.2, 0.25) is 0 Å². The molecule has 0 radical (unpaired) electrons. The van der Waals surface area contributed by atoms with Gasteiger partial charge in [0.2, 0.25) is 17.8 Å². The molecule has 0 unspecified atom stereocenters. The average molecular weight is 360 g/mol. The molecule has 1 aromatic heterocycles. The van der Waals surface area contributed by atoms with Gasteiger partial charge in [-0.3, -0.25) is 0 Å². The molecule has 5 N–H and O–H groups in total. The molecule has 0 atom stereocenters. The zero-order valence-electron chi connectivity index (χ0n) is 14.8. The van der Waals surface area contributed by atoms with E-state index in [0.717, 1.165) is 0 Å². The maximum absolute atomic E-state index is 9.37. The second kappa shape index (κ2) is 10.3. The molecule has 0 aliphatic carbocycles. The lowest BCUT2D eigenvalue weighted by Gasteiger charge is -2.29. The van der Waals surface area contributed by atoms with Gasteiger partial charge in [0, 0.05) is 27.7 Å². The number of rotatable bonds is 11. The van der Waals surface area contributed by atoms with Crippen LogP contribution in [-0.4, -0.2) is 113 Å². The first-order valence-corrected chi connectivity index (χ1v) is 7.90. The molecule has 0 aliphatic heterocycles. The molecule has 11 heteroatoms. The molecule has 11 nitrogen and oxygen atoms in total. The van der Waals surface area contributed by atoms with Crippen LogP contribution >= 0.6 is 0 Å². The third kappa shape index (κ3) is 5.34. The highest BCUT2D eigenvalue weighted by Crippen LogP contribution is 2.19. The number of aromatic nitrogens is 3. The molecule has 0 spiro atoms. The highest BCUT2D eigenvalue weighted by molar-refractivity contribution is 5.46. The Labute approximate surface area is 146 Å². The molecular weight excluding hydrogens is 332 g/mol. The molecule has 1 heterocycles. The first-order chi connectivity index (χ1) is 11.9. The number of likely N-dealkylation sites (N-methyl/N-ethyl adjacent to an activating group) is 3. The summed E-state index contributed by atoms with van der Waals surface area (Å²) in [6.07, 6.45) is 0. The first kappa shape index (κ1) is 21.3. The summed E-state index contributed by atoms with van der Waals surface area (Å²) >= 11 is 0. The van der Waals surface area contributed by atoms with E-state index in [-0.39, 0.29) is 50.9 Å². The smallest absolute Gasteiger partial charge is 0.232 e. The van der Waals surface area contributed by atoms with Crippen molar-refractivity contribution in [1.82, 2.24) is 15.0 Å². The van der Waals surface area contributed by atoms with Crippen LogP contribution in [0.15, 0.2) is 0 Å². The number of anilines is 3. The van der Waals surface area contributed by atoms with Crippen LogP contribution in [0.3, 0.4) is 0 Å². The third-order valence-corrected chi connectivity index (χ3v) is 3.95. The van der Waals surface area contributed by atoms with Crippen LogP contribution in [0, 0.1) is 0 Å². The van der Waals surface area contributed by atoms with Gasteiger partial charge in [-0.05, 0) is 0 Å². The van der Waals surface area contributed by atoms with Crippen molar-refractivity contribution in [2.24, 2.45) is 0 Å². The second-order valence-corrected chi connectivity index (χ2v) is 5.64. The molecular formula is C14H28N6O5. The monoisotopic (exact) mass is 360 g/mol. The van der Waals surface area contributed by atoms with E-state index in [2.05, 4.69) is 15.0 Å². The highest BCUT2D eigenvalue weighted by atomic mass is 16.3. The van der Waals surface area contributed by atoms with Crippen molar-refractivity contribution in [3.63, 3.8) is 0 Å². The first-order valence-electron chi connectivity index (χ1n) is 7.90. The summed E-state index contributed by atoms with van der Waals surface area (Å²) in [5, 5.41) is 46.6. The molecule has 144 valence electrons. The zero-order chi connectivity index (χ0) is 19.0. The molecule has 1 aromatic rings. The van der Waals surface area contributed by atoms with E-state index in [1.54, 1.807) is 26.0 Å². The summed E-state index contributed by atoms with van der Waals surface area (Å²) in [5.41, 5.74) is 0. The Bertz CT molecular complexity index is 478. The Balaban J connectivity index is 3.31. The third-order valence-electron chi connectivity index (χ3n) is 3.95. The van der Waals surface area contributed by atoms with E-state index < -0.39 is 12.1 Å². The normalized spacial score (nSPS) is 11.3. The Morgan fingerprint density at radius 1 is 0.680 bits per heavy atom. The standard InChI is InChI=1S/C14H28N6O5/c1-18(4-5-21)12-15-13(19(2)10(6-22)7-23)17-14(16-12)20(3)11(8-24)9-25/h10-11,21-25H,4-9H2,1-3H3. The van der Waals surface area contributed by atoms with E-state index in [4.69, 9.17) is 5.11 Å². The summed E-state index contributed by atoms with van der Waals surface area (Å²) in [4.78, 5) is 17.6. The van der Waals surface area contributed by atoms with Gasteiger partial charge in [-0.15, -0.1) is 0 Å². The number of hydrogen-bond donors (Lipinski definition) is 5. The van der Waals surface area contributed by atoms with Gasteiger partial charge >= 0.3 is 0 Å². The van der Waals surface area contributed by atoms with Crippen molar-refractivity contribution in [3.05, 3.63) is 0 Å². The summed E-state index contributed by atoms with van der Waals surface area (Å²) in [7, 11) is 4.95. The van der Waals surface area contributed by atoms with Gasteiger partial charge in [-0.25, -0.2) is 0 Å². The molecule has 25 heavy (non-hydrogen) atoms. The molecule has 1 rings (SSSR count). The number of aliphatic hydroxyl groups is 5. The lowest BCUT2D eigenvalue weighted by atomic mass is 10.3. The Morgan fingerprint density at radius 2 is 1.04 bits per heavy atom. The molecule has 0 fully saturated rings. The van der Waals surface area contributed by atoms with Gasteiger partial charge in [-0.2, -0.15) is 15.0 Å². The van der Waals surface area contributed by atoms with E-state index in [0.29, 0.717) is 6.54 Å². The van der Waals surface area contributed by atoms with Crippen molar-refractivity contribution in [2.45, 2.75) is 12.1 Å². The predicted molar refractivity (Wildman–Crippen MR) is 92.9 cm³/mol.